The van der Waals surface area contributed by atoms with Crippen LogP contribution in [0, 0.1) is 0 Å². The fraction of sp³-hybridized carbons (Fsp3) is 0.353. The summed E-state index contributed by atoms with van der Waals surface area (Å²) in [5.41, 5.74) is 2.67. The van der Waals surface area contributed by atoms with Crippen molar-refractivity contribution < 1.29 is 9.80 Å². The number of piperazine rings is 1. The third-order valence-corrected chi connectivity index (χ3v) is 4.12. The van der Waals surface area contributed by atoms with E-state index in [1.165, 1.54) is 37.4 Å². The SMILES string of the molecule is c1ccc(C[NH+]2CC[NH+](Cc3ccccn3)CC2)cc1. The molecular formula is C17H23N3+2. The zero-order chi connectivity index (χ0) is 13.6. The molecule has 3 nitrogen and oxygen atoms in total. The van der Waals surface area contributed by atoms with E-state index in [-0.39, 0.29) is 0 Å². The van der Waals surface area contributed by atoms with Gasteiger partial charge >= 0.3 is 0 Å². The molecule has 2 aromatic rings. The van der Waals surface area contributed by atoms with E-state index in [4.69, 9.17) is 0 Å². The highest BCUT2D eigenvalue weighted by Crippen LogP contribution is 1.95. The first-order chi connectivity index (χ1) is 9.90. The van der Waals surface area contributed by atoms with E-state index in [9.17, 15) is 0 Å². The molecule has 1 aliphatic heterocycles. The van der Waals surface area contributed by atoms with Crippen LogP contribution < -0.4 is 9.80 Å². The highest BCUT2D eigenvalue weighted by Gasteiger charge is 2.23. The highest BCUT2D eigenvalue weighted by atomic mass is 15.3. The summed E-state index contributed by atoms with van der Waals surface area (Å²) in [6, 6.07) is 17.0. The molecule has 0 saturated carbocycles. The Labute approximate surface area is 120 Å². The summed E-state index contributed by atoms with van der Waals surface area (Å²) in [6.07, 6.45) is 1.89. The van der Waals surface area contributed by atoms with Gasteiger partial charge in [0.1, 0.15) is 39.3 Å². The molecule has 0 amide bonds. The van der Waals surface area contributed by atoms with Gasteiger partial charge in [-0.25, -0.2) is 0 Å². The zero-order valence-corrected chi connectivity index (χ0v) is 11.9. The number of aromatic nitrogens is 1. The molecule has 0 spiro atoms. The van der Waals surface area contributed by atoms with Crippen LogP contribution in [-0.4, -0.2) is 31.2 Å². The molecule has 20 heavy (non-hydrogen) atoms. The van der Waals surface area contributed by atoms with Crippen LogP contribution in [0.5, 0.6) is 0 Å². The first kappa shape index (κ1) is 13.3. The summed E-state index contributed by atoms with van der Waals surface area (Å²) in [6.45, 7) is 7.25. The number of hydrogen-bond acceptors (Lipinski definition) is 1. The number of rotatable bonds is 4. The van der Waals surface area contributed by atoms with Gasteiger partial charge in [0.15, 0.2) is 0 Å². The Morgan fingerprint density at radius 3 is 2.05 bits per heavy atom. The van der Waals surface area contributed by atoms with Crippen LogP contribution in [0.25, 0.3) is 0 Å². The van der Waals surface area contributed by atoms with Crippen molar-refractivity contribution >= 4 is 0 Å². The van der Waals surface area contributed by atoms with Gasteiger partial charge in [-0.3, -0.25) is 4.98 Å². The van der Waals surface area contributed by atoms with E-state index >= 15 is 0 Å². The van der Waals surface area contributed by atoms with E-state index in [0.29, 0.717) is 0 Å². The van der Waals surface area contributed by atoms with Gasteiger partial charge in [-0.05, 0) is 12.1 Å². The molecule has 0 atom stereocenters. The van der Waals surface area contributed by atoms with Crippen molar-refractivity contribution in [3.8, 4) is 0 Å². The van der Waals surface area contributed by atoms with Crippen molar-refractivity contribution in [3.63, 3.8) is 0 Å². The Morgan fingerprint density at radius 2 is 1.40 bits per heavy atom. The number of hydrogen-bond donors (Lipinski definition) is 2. The molecule has 104 valence electrons. The Bertz CT molecular complexity index is 455. The first-order valence-corrected chi connectivity index (χ1v) is 7.51. The third-order valence-electron chi connectivity index (χ3n) is 4.12. The van der Waals surface area contributed by atoms with Crippen molar-refractivity contribution in [3.05, 3.63) is 66.0 Å². The number of nitrogens with one attached hydrogen (secondary N) is 2. The minimum Gasteiger partial charge on any atom is -0.322 e. The van der Waals surface area contributed by atoms with Gasteiger partial charge in [0.05, 0.1) is 5.69 Å². The molecule has 1 aromatic carbocycles. The molecule has 1 fully saturated rings. The Balaban J connectivity index is 1.47. The molecule has 2 heterocycles. The average molecular weight is 269 g/mol. The number of pyridine rings is 1. The van der Waals surface area contributed by atoms with Crippen LogP contribution in [0.15, 0.2) is 54.7 Å². The van der Waals surface area contributed by atoms with Gasteiger partial charge in [-0.2, -0.15) is 0 Å². The van der Waals surface area contributed by atoms with Crippen molar-refractivity contribution in [1.29, 1.82) is 0 Å². The van der Waals surface area contributed by atoms with Crippen LogP contribution in [0.2, 0.25) is 0 Å². The normalized spacial score (nSPS) is 22.6. The van der Waals surface area contributed by atoms with Crippen LogP contribution in [0.4, 0.5) is 0 Å². The second-order valence-electron chi connectivity index (χ2n) is 5.66. The van der Waals surface area contributed by atoms with Crippen molar-refractivity contribution in [2.75, 3.05) is 26.2 Å². The van der Waals surface area contributed by atoms with Crippen molar-refractivity contribution in [1.82, 2.24) is 4.98 Å². The third kappa shape index (κ3) is 3.65. The maximum atomic E-state index is 4.43. The molecule has 1 saturated heterocycles. The van der Waals surface area contributed by atoms with Crippen molar-refractivity contribution in [2.24, 2.45) is 0 Å². The van der Waals surface area contributed by atoms with E-state index in [1.54, 1.807) is 9.80 Å². The van der Waals surface area contributed by atoms with E-state index in [1.807, 2.05) is 12.3 Å². The van der Waals surface area contributed by atoms with E-state index < -0.39 is 0 Å². The minimum atomic E-state index is 1.07. The lowest BCUT2D eigenvalue weighted by Crippen LogP contribution is -3.27. The molecule has 0 aliphatic carbocycles. The summed E-state index contributed by atoms with van der Waals surface area (Å²) in [5.74, 6) is 0. The summed E-state index contributed by atoms with van der Waals surface area (Å²) in [4.78, 5) is 7.81. The summed E-state index contributed by atoms with van der Waals surface area (Å²) in [7, 11) is 0. The van der Waals surface area contributed by atoms with Crippen LogP contribution in [0.3, 0.4) is 0 Å². The van der Waals surface area contributed by atoms with Crippen LogP contribution >= 0.6 is 0 Å². The van der Waals surface area contributed by atoms with Gasteiger partial charge in [-0.1, -0.05) is 36.4 Å². The molecule has 1 aromatic heterocycles. The lowest BCUT2D eigenvalue weighted by molar-refractivity contribution is -1.02. The van der Waals surface area contributed by atoms with Crippen LogP contribution in [-0.2, 0) is 13.1 Å². The Morgan fingerprint density at radius 1 is 0.750 bits per heavy atom. The smallest absolute Gasteiger partial charge is 0.127 e. The standard InChI is InChI=1S/C17H21N3/c1-2-6-16(7-3-1)14-19-10-12-20(13-11-19)15-17-8-4-5-9-18-17/h1-9H,10-15H2/p+2. The fourth-order valence-corrected chi connectivity index (χ4v) is 2.95. The van der Waals surface area contributed by atoms with Gasteiger partial charge in [-0.15, -0.1) is 0 Å². The van der Waals surface area contributed by atoms with Gasteiger partial charge < -0.3 is 9.80 Å². The van der Waals surface area contributed by atoms with Gasteiger partial charge in [0.2, 0.25) is 0 Å². The summed E-state index contributed by atoms with van der Waals surface area (Å²) >= 11 is 0. The second-order valence-corrected chi connectivity index (χ2v) is 5.66. The van der Waals surface area contributed by atoms with E-state index in [2.05, 4.69) is 47.4 Å². The predicted molar refractivity (Wildman–Crippen MR) is 79.5 cm³/mol. The molecular weight excluding hydrogens is 246 g/mol. The Hall–Kier alpha value is -1.71. The van der Waals surface area contributed by atoms with Crippen LogP contribution in [0.1, 0.15) is 11.3 Å². The average Bonchev–Trinajstić information content (AvgIpc) is 2.51. The number of benzene rings is 1. The molecule has 3 heteroatoms. The zero-order valence-electron chi connectivity index (χ0n) is 11.9. The quantitative estimate of drug-likeness (QED) is 0.772. The van der Waals surface area contributed by atoms with Gasteiger partial charge in [0, 0.05) is 11.8 Å². The number of quaternary nitrogens is 2. The molecule has 3 rings (SSSR count). The minimum absolute atomic E-state index is 1.07. The van der Waals surface area contributed by atoms with Crippen molar-refractivity contribution in [2.45, 2.75) is 13.1 Å². The Kier molecular flexibility index (Phi) is 4.41. The van der Waals surface area contributed by atoms with Gasteiger partial charge in [0.25, 0.3) is 0 Å². The predicted octanol–water partition coefficient (Wildman–Crippen LogP) is -0.435. The topological polar surface area (TPSA) is 21.8 Å². The maximum absolute atomic E-state index is 4.43. The van der Waals surface area contributed by atoms with E-state index in [0.717, 1.165) is 13.1 Å². The lowest BCUT2D eigenvalue weighted by atomic mass is 10.2. The molecule has 1 aliphatic rings. The molecule has 0 unspecified atom stereocenters. The molecule has 2 N–H and O–H groups in total. The maximum Gasteiger partial charge on any atom is 0.127 e. The fourth-order valence-electron chi connectivity index (χ4n) is 2.95. The lowest BCUT2D eigenvalue weighted by Gasteiger charge is -2.29. The molecule has 0 bridgehead atoms. The first-order valence-electron chi connectivity index (χ1n) is 7.51. The summed E-state index contributed by atoms with van der Waals surface area (Å²) in [5, 5.41) is 0. The summed E-state index contributed by atoms with van der Waals surface area (Å²) < 4.78 is 0. The largest absolute Gasteiger partial charge is 0.322 e. The molecule has 0 radical (unpaired) electrons. The highest BCUT2D eigenvalue weighted by molar-refractivity contribution is 5.13. The monoisotopic (exact) mass is 269 g/mol. The number of nitrogens with zero attached hydrogens (tertiary/aromatic N) is 1. The second kappa shape index (κ2) is 6.64.